The third-order valence-corrected chi connectivity index (χ3v) is 5.00. The molecule has 8 heteroatoms. The summed E-state index contributed by atoms with van der Waals surface area (Å²) >= 11 is 0. The number of benzene rings is 2. The van der Waals surface area contributed by atoms with Crippen molar-refractivity contribution >= 4 is 29.1 Å². The number of hydrazone groups is 1. The van der Waals surface area contributed by atoms with Crippen molar-refractivity contribution in [2.24, 2.45) is 16.8 Å². The van der Waals surface area contributed by atoms with Crippen molar-refractivity contribution in [3.8, 4) is 5.75 Å². The van der Waals surface area contributed by atoms with Gasteiger partial charge < -0.3 is 10.5 Å². The van der Waals surface area contributed by atoms with Crippen LogP contribution in [0.3, 0.4) is 0 Å². The molecule has 8 nitrogen and oxygen atoms in total. The first-order chi connectivity index (χ1) is 14.5. The summed E-state index contributed by atoms with van der Waals surface area (Å²) in [6.45, 7) is 3.57. The number of para-hydroxylation sites is 1. The number of primary amides is 1. The van der Waals surface area contributed by atoms with Crippen LogP contribution in [0.25, 0.3) is 0 Å². The van der Waals surface area contributed by atoms with Crippen LogP contribution in [-0.4, -0.2) is 47.5 Å². The van der Waals surface area contributed by atoms with E-state index in [9.17, 15) is 14.4 Å². The lowest BCUT2D eigenvalue weighted by atomic mass is 9.93. The Morgan fingerprint density at radius 2 is 1.80 bits per heavy atom. The Labute approximate surface area is 173 Å². The number of likely N-dealkylation sites (tertiary alicyclic amines) is 1. The molecule has 0 unspecified atom stereocenters. The molecular formula is C22H20N4O4. The lowest BCUT2D eigenvalue weighted by Gasteiger charge is -2.21. The van der Waals surface area contributed by atoms with Crippen molar-refractivity contribution in [2.75, 3.05) is 18.2 Å². The standard InChI is InChI=1S/C22H20N4O4/c1-2-12-25-21(28)18-19(14-8-10-16(11-9-14)30-13-17(23)27)24-26(20(18)22(25)29)15-6-4-3-5-7-15/h2-11,18,20H,1,12-13H2,(H2,23,27)/t18-,20+/m1/s1. The normalized spacial score (nSPS) is 20.2. The van der Waals surface area contributed by atoms with Gasteiger partial charge in [-0.25, -0.2) is 0 Å². The number of amides is 3. The monoisotopic (exact) mass is 404 g/mol. The minimum absolute atomic E-state index is 0.153. The Morgan fingerprint density at radius 3 is 2.43 bits per heavy atom. The van der Waals surface area contributed by atoms with E-state index in [1.54, 1.807) is 29.3 Å². The van der Waals surface area contributed by atoms with Crippen LogP contribution in [0.2, 0.25) is 0 Å². The van der Waals surface area contributed by atoms with Gasteiger partial charge in [0, 0.05) is 6.54 Å². The highest BCUT2D eigenvalue weighted by atomic mass is 16.5. The number of fused-ring (bicyclic) bond motifs is 1. The molecular weight excluding hydrogens is 384 g/mol. The van der Waals surface area contributed by atoms with Crippen molar-refractivity contribution in [3.05, 3.63) is 72.8 Å². The number of hydrogen-bond donors (Lipinski definition) is 1. The van der Waals surface area contributed by atoms with Gasteiger partial charge in [0.2, 0.25) is 5.91 Å². The number of ether oxygens (including phenoxy) is 1. The zero-order valence-corrected chi connectivity index (χ0v) is 16.1. The van der Waals surface area contributed by atoms with Gasteiger partial charge in [-0.15, -0.1) is 6.58 Å². The summed E-state index contributed by atoms with van der Waals surface area (Å²) in [5.41, 5.74) is 7.02. The lowest BCUT2D eigenvalue weighted by molar-refractivity contribution is -0.138. The summed E-state index contributed by atoms with van der Waals surface area (Å²) in [6, 6.07) is 15.4. The summed E-state index contributed by atoms with van der Waals surface area (Å²) in [6.07, 6.45) is 1.53. The number of nitrogens with two attached hydrogens (primary N) is 1. The molecule has 2 N–H and O–H groups in total. The SMILES string of the molecule is C=CCN1C(=O)[C@@H]2C(c3ccc(OCC(N)=O)cc3)=NN(c3ccccc3)[C@@H]2C1=O. The van der Waals surface area contributed by atoms with Gasteiger partial charge in [0.25, 0.3) is 11.8 Å². The molecule has 0 aromatic heterocycles. The Morgan fingerprint density at radius 1 is 1.10 bits per heavy atom. The van der Waals surface area contributed by atoms with E-state index in [0.29, 0.717) is 17.0 Å². The smallest absolute Gasteiger partial charge is 0.255 e. The van der Waals surface area contributed by atoms with Gasteiger partial charge in [0.15, 0.2) is 6.61 Å². The molecule has 2 aliphatic heterocycles. The Balaban J connectivity index is 1.71. The zero-order chi connectivity index (χ0) is 21.3. The first-order valence-corrected chi connectivity index (χ1v) is 9.41. The molecule has 1 saturated heterocycles. The van der Waals surface area contributed by atoms with Crippen molar-refractivity contribution < 1.29 is 19.1 Å². The van der Waals surface area contributed by atoms with Crippen LogP contribution in [0.4, 0.5) is 5.69 Å². The molecule has 0 aliphatic carbocycles. The molecule has 0 spiro atoms. The highest BCUT2D eigenvalue weighted by Gasteiger charge is 2.56. The second-order valence-corrected chi connectivity index (χ2v) is 6.94. The highest BCUT2D eigenvalue weighted by Crippen LogP contribution is 2.37. The second-order valence-electron chi connectivity index (χ2n) is 6.94. The van der Waals surface area contributed by atoms with E-state index in [2.05, 4.69) is 11.7 Å². The number of carbonyl (C=O) groups excluding carboxylic acids is 3. The van der Waals surface area contributed by atoms with Gasteiger partial charge in [-0.1, -0.05) is 24.3 Å². The summed E-state index contributed by atoms with van der Waals surface area (Å²) < 4.78 is 5.28. The van der Waals surface area contributed by atoms with Crippen molar-refractivity contribution in [2.45, 2.75) is 6.04 Å². The number of anilines is 1. The summed E-state index contributed by atoms with van der Waals surface area (Å²) in [7, 11) is 0. The van der Waals surface area contributed by atoms with E-state index in [1.807, 2.05) is 30.3 Å². The van der Waals surface area contributed by atoms with Crippen LogP contribution in [0, 0.1) is 5.92 Å². The van der Waals surface area contributed by atoms with Gasteiger partial charge in [-0.2, -0.15) is 5.10 Å². The zero-order valence-electron chi connectivity index (χ0n) is 16.1. The van der Waals surface area contributed by atoms with Crippen molar-refractivity contribution in [1.29, 1.82) is 0 Å². The van der Waals surface area contributed by atoms with Gasteiger partial charge in [0.05, 0.1) is 11.4 Å². The van der Waals surface area contributed by atoms with E-state index in [-0.39, 0.29) is 25.0 Å². The summed E-state index contributed by atoms with van der Waals surface area (Å²) in [5, 5.41) is 6.27. The predicted octanol–water partition coefficient (Wildman–Crippen LogP) is 1.31. The Kier molecular flexibility index (Phi) is 5.05. The molecule has 2 aromatic carbocycles. The van der Waals surface area contributed by atoms with Gasteiger partial charge in [0.1, 0.15) is 17.7 Å². The number of imide groups is 1. The predicted molar refractivity (Wildman–Crippen MR) is 111 cm³/mol. The molecule has 0 saturated carbocycles. The fraction of sp³-hybridized carbons (Fsp3) is 0.182. The van der Waals surface area contributed by atoms with E-state index in [1.165, 1.54) is 11.0 Å². The fourth-order valence-electron chi connectivity index (χ4n) is 3.69. The molecule has 3 amide bonds. The molecule has 2 atom stereocenters. The number of hydrogen-bond acceptors (Lipinski definition) is 6. The Hall–Kier alpha value is -3.94. The minimum Gasteiger partial charge on any atom is -0.484 e. The molecule has 2 heterocycles. The average molecular weight is 404 g/mol. The van der Waals surface area contributed by atoms with Crippen LogP contribution in [0.15, 0.2) is 72.4 Å². The molecule has 2 aromatic rings. The molecule has 1 fully saturated rings. The van der Waals surface area contributed by atoms with E-state index < -0.39 is 17.9 Å². The van der Waals surface area contributed by atoms with Crippen LogP contribution >= 0.6 is 0 Å². The fourth-order valence-corrected chi connectivity index (χ4v) is 3.69. The molecule has 30 heavy (non-hydrogen) atoms. The Bertz CT molecular complexity index is 1030. The van der Waals surface area contributed by atoms with Crippen molar-refractivity contribution in [1.82, 2.24) is 4.90 Å². The van der Waals surface area contributed by atoms with E-state index >= 15 is 0 Å². The highest BCUT2D eigenvalue weighted by molar-refractivity contribution is 6.25. The van der Waals surface area contributed by atoms with Gasteiger partial charge >= 0.3 is 0 Å². The topological polar surface area (TPSA) is 105 Å². The van der Waals surface area contributed by atoms with Crippen LogP contribution < -0.4 is 15.5 Å². The molecule has 0 bridgehead atoms. The summed E-state index contributed by atoms with van der Waals surface area (Å²) in [4.78, 5) is 38.2. The first-order valence-electron chi connectivity index (χ1n) is 9.41. The van der Waals surface area contributed by atoms with E-state index in [0.717, 1.165) is 5.69 Å². The van der Waals surface area contributed by atoms with E-state index in [4.69, 9.17) is 10.5 Å². The van der Waals surface area contributed by atoms with Crippen LogP contribution in [-0.2, 0) is 14.4 Å². The summed E-state index contributed by atoms with van der Waals surface area (Å²) in [5.74, 6) is -1.41. The van der Waals surface area contributed by atoms with Gasteiger partial charge in [-0.05, 0) is 42.0 Å². The van der Waals surface area contributed by atoms with Crippen LogP contribution in [0.5, 0.6) is 5.75 Å². The van der Waals surface area contributed by atoms with Crippen molar-refractivity contribution in [3.63, 3.8) is 0 Å². The number of carbonyl (C=O) groups is 3. The van der Waals surface area contributed by atoms with Gasteiger partial charge in [-0.3, -0.25) is 24.3 Å². The maximum atomic E-state index is 13.1. The van der Waals surface area contributed by atoms with Crippen LogP contribution in [0.1, 0.15) is 5.56 Å². The maximum Gasteiger partial charge on any atom is 0.255 e. The molecule has 0 radical (unpaired) electrons. The maximum absolute atomic E-state index is 13.1. The average Bonchev–Trinajstić information content (AvgIpc) is 3.26. The minimum atomic E-state index is -0.736. The quantitative estimate of drug-likeness (QED) is 0.553. The molecule has 2 aliphatic rings. The number of nitrogens with zero attached hydrogens (tertiary/aromatic N) is 3. The molecule has 152 valence electrons. The second kappa shape index (κ2) is 7.82. The lowest BCUT2D eigenvalue weighted by Crippen LogP contribution is -2.39. The first kappa shape index (κ1) is 19.4. The molecule has 4 rings (SSSR count). The largest absolute Gasteiger partial charge is 0.484 e. The third kappa shape index (κ3) is 3.32. The third-order valence-electron chi connectivity index (χ3n) is 5.00. The number of rotatable bonds is 7.